The summed E-state index contributed by atoms with van der Waals surface area (Å²) in [5.74, 6) is 0.0536. The summed E-state index contributed by atoms with van der Waals surface area (Å²) < 4.78 is 1.15. The highest BCUT2D eigenvalue weighted by Gasteiger charge is 2.25. The highest BCUT2D eigenvalue weighted by atomic mass is 32.1. The van der Waals surface area contributed by atoms with Crippen LogP contribution in [0.2, 0.25) is 0 Å². The lowest BCUT2D eigenvalue weighted by Crippen LogP contribution is -2.38. The Morgan fingerprint density at radius 1 is 1.47 bits per heavy atom. The summed E-state index contributed by atoms with van der Waals surface area (Å²) in [7, 11) is 0. The fraction of sp³-hybridized carbons (Fsp3) is 0.429. The monoisotopic (exact) mass is 275 g/mol. The van der Waals surface area contributed by atoms with Crippen molar-refractivity contribution in [2.24, 2.45) is 0 Å². The van der Waals surface area contributed by atoms with Crippen LogP contribution in [0.5, 0.6) is 0 Å². The van der Waals surface area contributed by atoms with E-state index >= 15 is 0 Å². The van der Waals surface area contributed by atoms with Gasteiger partial charge in [-0.2, -0.15) is 0 Å². The highest BCUT2D eigenvalue weighted by Crippen LogP contribution is 2.27. The third kappa shape index (κ3) is 2.87. The summed E-state index contributed by atoms with van der Waals surface area (Å²) in [5.41, 5.74) is 2.20. The maximum absolute atomic E-state index is 11.9. The van der Waals surface area contributed by atoms with Gasteiger partial charge in [-0.3, -0.25) is 4.79 Å². The normalized spacial score (nSPS) is 16.3. The molecule has 2 N–H and O–H groups in total. The minimum absolute atomic E-state index is 0.0536. The van der Waals surface area contributed by atoms with Crippen molar-refractivity contribution < 1.29 is 4.79 Å². The van der Waals surface area contributed by atoms with Gasteiger partial charge in [0.1, 0.15) is 6.04 Å². The number of hydrogen-bond acceptors (Lipinski definition) is 4. The number of thiazole rings is 1. The van der Waals surface area contributed by atoms with Crippen molar-refractivity contribution in [3.05, 3.63) is 23.8 Å². The summed E-state index contributed by atoms with van der Waals surface area (Å²) >= 11 is 1.59. The number of anilines is 1. The number of aromatic nitrogens is 1. The lowest BCUT2D eigenvalue weighted by Gasteiger charge is -2.12. The van der Waals surface area contributed by atoms with Gasteiger partial charge in [-0.1, -0.05) is 17.4 Å². The topological polar surface area (TPSA) is 54.0 Å². The van der Waals surface area contributed by atoms with Gasteiger partial charge in [-0.25, -0.2) is 4.98 Å². The van der Waals surface area contributed by atoms with Crippen molar-refractivity contribution in [2.75, 3.05) is 5.32 Å². The van der Waals surface area contributed by atoms with Crippen LogP contribution in [0.3, 0.4) is 0 Å². The molecule has 0 spiro atoms. The second kappa shape index (κ2) is 4.81. The predicted octanol–water partition coefficient (Wildman–Crippen LogP) is 2.68. The number of carbonyl (C=O) groups is 1. The molecular formula is C14H17N3OS. The van der Waals surface area contributed by atoms with Crippen molar-refractivity contribution in [3.63, 3.8) is 0 Å². The van der Waals surface area contributed by atoms with Gasteiger partial charge < -0.3 is 10.6 Å². The number of benzene rings is 1. The van der Waals surface area contributed by atoms with E-state index < -0.39 is 0 Å². The van der Waals surface area contributed by atoms with E-state index in [0.717, 1.165) is 28.2 Å². The Morgan fingerprint density at radius 2 is 2.26 bits per heavy atom. The molecule has 5 heteroatoms. The molecule has 1 aromatic carbocycles. The predicted molar refractivity (Wildman–Crippen MR) is 78.6 cm³/mol. The van der Waals surface area contributed by atoms with E-state index in [1.807, 2.05) is 13.0 Å². The molecule has 1 atom stereocenters. The van der Waals surface area contributed by atoms with Crippen LogP contribution < -0.4 is 10.6 Å². The number of nitrogens with zero attached hydrogens (tertiary/aromatic N) is 1. The third-order valence-electron chi connectivity index (χ3n) is 3.20. The van der Waals surface area contributed by atoms with E-state index in [2.05, 4.69) is 34.7 Å². The first-order valence-corrected chi connectivity index (χ1v) is 7.37. The fourth-order valence-corrected chi connectivity index (χ4v) is 2.95. The molecule has 1 fully saturated rings. The van der Waals surface area contributed by atoms with Crippen molar-refractivity contribution >= 4 is 32.6 Å². The molecule has 4 nitrogen and oxygen atoms in total. The van der Waals surface area contributed by atoms with Crippen LogP contribution in [-0.2, 0) is 4.79 Å². The molecule has 1 unspecified atom stereocenters. The van der Waals surface area contributed by atoms with Gasteiger partial charge in [0.2, 0.25) is 5.91 Å². The van der Waals surface area contributed by atoms with Crippen LogP contribution in [-0.4, -0.2) is 23.0 Å². The minimum atomic E-state index is -0.248. The average molecular weight is 275 g/mol. The number of nitrogens with one attached hydrogen (secondary N) is 2. The molecule has 0 radical (unpaired) electrons. The SMILES string of the molecule is Cc1ccc2nc(NC(C)C(=O)NC3CC3)sc2c1. The summed E-state index contributed by atoms with van der Waals surface area (Å²) in [6.45, 7) is 3.94. The van der Waals surface area contributed by atoms with Gasteiger partial charge in [-0.05, 0) is 44.4 Å². The van der Waals surface area contributed by atoms with E-state index in [-0.39, 0.29) is 11.9 Å². The highest BCUT2D eigenvalue weighted by molar-refractivity contribution is 7.22. The minimum Gasteiger partial charge on any atom is -0.352 e. The third-order valence-corrected chi connectivity index (χ3v) is 4.15. The molecule has 100 valence electrons. The lowest BCUT2D eigenvalue weighted by atomic mass is 10.2. The van der Waals surface area contributed by atoms with Crippen LogP contribution in [0.1, 0.15) is 25.3 Å². The van der Waals surface area contributed by atoms with Crippen molar-refractivity contribution in [1.29, 1.82) is 0 Å². The van der Waals surface area contributed by atoms with E-state index in [1.165, 1.54) is 5.56 Å². The number of carbonyl (C=O) groups excluding carboxylic acids is 1. The van der Waals surface area contributed by atoms with E-state index in [4.69, 9.17) is 0 Å². The van der Waals surface area contributed by atoms with E-state index in [9.17, 15) is 4.79 Å². The van der Waals surface area contributed by atoms with Gasteiger partial charge in [0.15, 0.2) is 5.13 Å². The van der Waals surface area contributed by atoms with Crippen LogP contribution in [0.4, 0.5) is 5.13 Å². The number of rotatable bonds is 4. The van der Waals surface area contributed by atoms with Crippen molar-refractivity contribution in [1.82, 2.24) is 10.3 Å². The molecule has 1 heterocycles. The lowest BCUT2D eigenvalue weighted by molar-refractivity contribution is -0.121. The van der Waals surface area contributed by atoms with Gasteiger partial charge in [0.25, 0.3) is 0 Å². The molecule has 2 aromatic rings. The summed E-state index contributed by atoms with van der Waals surface area (Å²) in [6.07, 6.45) is 2.22. The summed E-state index contributed by atoms with van der Waals surface area (Å²) in [5, 5.41) is 6.98. The standard InChI is InChI=1S/C14H17N3OS/c1-8-3-6-11-12(7-8)19-14(17-11)15-9(2)13(18)16-10-4-5-10/h3,6-7,9-10H,4-5H2,1-2H3,(H,15,17)(H,16,18). The van der Waals surface area contributed by atoms with Crippen LogP contribution in [0.15, 0.2) is 18.2 Å². The molecule has 1 aromatic heterocycles. The summed E-state index contributed by atoms with van der Waals surface area (Å²) in [6, 6.07) is 6.33. The van der Waals surface area contributed by atoms with Gasteiger partial charge in [0.05, 0.1) is 10.2 Å². The zero-order chi connectivity index (χ0) is 13.4. The zero-order valence-corrected chi connectivity index (χ0v) is 11.9. The molecule has 0 bridgehead atoms. The second-order valence-corrected chi connectivity index (χ2v) is 6.17. The number of hydrogen-bond donors (Lipinski definition) is 2. The molecule has 1 aliphatic rings. The maximum atomic E-state index is 11.9. The number of amides is 1. The average Bonchev–Trinajstić information content (AvgIpc) is 3.08. The Hall–Kier alpha value is -1.62. The Kier molecular flexibility index (Phi) is 3.14. The molecule has 0 aliphatic heterocycles. The Bertz CT molecular complexity index is 618. The molecule has 3 rings (SSSR count). The van der Waals surface area contributed by atoms with Crippen molar-refractivity contribution in [2.45, 2.75) is 38.8 Å². The largest absolute Gasteiger partial charge is 0.352 e. The van der Waals surface area contributed by atoms with Crippen molar-refractivity contribution in [3.8, 4) is 0 Å². The van der Waals surface area contributed by atoms with E-state index in [1.54, 1.807) is 11.3 Å². The molecule has 1 saturated carbocycles. The first-order valence-electron chi connectivity index (χ1n) is 6.56. The van der Waals surface area contributed by atoms with E-state index in [0.29, 0.717) is 6.04 Å². The second-order valence-electron chi connectivity index (χ2n) is 5.14. The van der Waals surface area contributed by atoms with Gasteiger partial charge in [0, 0.05) is 6.04 Å². The van der Waals surface area contributed by atoms with Gasteiger partial charge >= 0.3 is 0 Å². The first-order chi connectivity index (χ1) is 9.11. The molecule has 1 amide bonds. The van der Waals surface area contributed by atoms with Gasteiger partial charge in [-0.15, -0.1) is 0 Å². The molecular weight excluding hydrogens is 258 g/mol. The molecule has 0 saturated heterocycles. The molecule has 1 aliphatic carbocycles. The Labute approximate surface area is 116 Å². The van der Waals surface area contributed by atoms with Crippen LogP contribution >= 0.6 is 11.3 Å². The Morgan fingerprint density at radius 3 is 3.00 bits per heavy atom. The number of aryl methyl sites for hydroxylation is 1. The van der Waals surface area contributed by atoms with Crippen LogP contribution in [0.25, 0.3) is 10.2 Å². The zero-order valence-electron chi connectivity index (χ0n) is 11.1. The Balaban J connectivity index is 1.71. The number of fused-ring (bicyclic) bond motifs is 1. The summed E-state index contributed by atoms with van der Waals surface area (Å²) in [4.78, 5) is 16.4. The molecule has 19 heavy (non-hydrogen) atoms. The van der Waals surface area contributed by atoms with Crippen LogP contribution in [0, 0.1) is 6.92 Å². The maximum Gasteiger partial charge on any atom is 0.242 e. The first kappa shape index (κ1) is 12.4. The smallest absolute Gasteiger partial charge is 0.242 e. The quantitative estimate of drug-likeness (QED) is 0.902. The fourth-order valence-electron chi connectivity index (χ4n) is 1.90.